The number of hydrogen-bond acceptors (Lipinski definition) is 1. The summed E-state index contributed by atoms with van der Waals surface area (Å²) in [4.78, 5) is 4.09. The molecule has 0 spiro atoms. The third kappa shape index (κ3) is 4.44. The molecule has 1 rings (SSSR count). The first-order chi connectivity index (χ1) is 6.79. The van der Waals surface area contributed by atoms with Crippen LogP contribution in [0.5, 0.6) is 0 Å². The van der Waals surface area contributed by atoms with Gasteiger partial charge < -0.3 is 0 Å². The summed E-state index contributed by atoms with van der Waals surface area (Å²) in [5.41, 5.74) is 4.15. The van der Waals surface area contributed by atoms with Gasteiger partial charge in [0.25, 0.3) is 0 Å². The minimum Gasteiger partial charge on any atom is -0.260 e. The summed E-state index contributed by atoms with van der Waals surface area (Å²) in [6.07, 6.45) is 5.50. The Morgan fingerprint density at radius 3 is 2.57 bits per heavy atom. The van der Waals surface area contributed by atoms with Crippen molar-refractivity contribution < 1.29 is 0 Å². The van der Waals surface area contributed by atoms with Crippen LogP contribution in [-0.4, -0.2) is 6.21 Å². The molecule has 0 N–H and O–H groups in total. The molecule has 0 amide bonds. The van der Waals surface area contributed by atoms with E-state index in [0.717, 1.165) is 5.56 Å². The van der Waals surface area contributed by atoms with Crippen molar-refractivity contribution in [1.29, 1.82) is 0 Å². The van der Waals surface area contributed by atoms with Gasteiger partial charge in [-0.25, -0.2) is 0 Å². The van der Waals surface area contributed by atoms with Gasteiger partial charge in [-0.05, 0) is 17.6 Å². The van der Waals surface area contributed by atoms with E-state index in [1.54, 1.807) is 6.20 Å². The molecule has 0 aliphatic rings. The SMILES string of the molecule is CC(C)/C=N/C=C=Cc1ccccc1. The van der Waals surface area contributed by atoms with Crippen LogP contribution in [0.4, 0.5) is 0 Å². The second-order valence-electron chi connectivity index (χ2n) is 3.39. The second kappa shape index (κ2) is 5.95. The Morgan fingerprint density at radius 2 is 1.93 bits per heavy atom. The van der Waals surface area contributed by atoms with Crippen LogP contribution in [0.2, 0.25) is 0 Å². The molecule has 0 bridgehead atoms. The standard InChI is InChI=1S/C13H15N/c1-12(2)11-14-10-6-9-13-7-4-3-5-8-13/h3-5,7-12H,1-2H3/b14-11+. The molecule has 0 aliphatic heterocycles. The summed E-state index contributed by atoms with van der Waals surface area (Å²) in [7, 11) is 0. The fourth-order valence-electron chi connectivity index (χ4n) is 0.941. The topological polar surface area (TPSA) is 12.4 Å². The predicted octanol–water partition coefficient (Wildman–Crippen LogP) is 3.54. The molecular formula is C13H15N. The normalized spacial score (nSPS) is 10.2. The minimum atomic E-state index is 0.491. The van der Waals surface area contributed by atoms with Crippen LogP contribution in [0.15, 0.2) is 47.3 Å². The van der Waals surface area contributed by atoms with E-state index in [4.69, 9.17) is 0 Å². The molecule has 1 nitrogen and oxygen atoms in total. The van der Waals surface area contributed by atoms with Gasteiger partial charge in [-0.15, -0.1) is 5.73 Å². The van der Waals surface area contributed by atoms with E-state index in [-0.39, 0.29) is 0 Å². The average molecular weight is 185 g/mol. The smallest absolute Gasteiger partial charge is 0.0682 e. The molecule has 0 atom stereocenters. The van der Waals surface area contributed by atoms with Crippen LogP contribution < -0.4 is 0 Å². The van der Waals surface area contributed by atoms with E-state index < -0.39 is 0 Å². The van der Waals surface area contributed by atoms with E-state index in [2.05, 4.69) is 24.6 Å². The highest BCUT2D eigenvalue weighted by molar-refractivity contribution is 5.60. The van der Waals surface area contributed by atoms with Gasteiger partial charge in [0, 0.05) is 6.21 Å². The van der Waals surface area contributed by atoms with Gasteiger partial charge in [-0.2, -0.15) is 0 Å². The summed E-state index contributed by atoms with van der Waals surface area (Å²) in [5.74, 6) is 0.491. The molecular weight excluding hydrogens is 170 g/mol. The Bertz CT molecular complexity index is 341. The molecule has 0 unspecified atom stereocenters. The molecule has 0 fully saturated rings. The lowest BCUT2D eigenvalue weighted by Gasteiger charge is -1.87. The number of aliphatic imine (C=N–C) groups is 1. The molecule has 72 valence electrons. The Morgan fingerprint density at radius 1 is 1.21 bits per heavy atom. The molecule has 0 aliphatic carbocycles. The summed E-state index contributed by atoms with van der Waals surface area (Å²) in [6, 6.07) is 10.1. The van der Waals surface area contributed by atoms with Crippen LogP contribution in [0, 0.1) is 5.92 Å². The Hall–Kier alpha value is -1.59. The van der Waals surface area contributed by atoms with Gasteiger partial charge in [0.05, 0.1) is 6.20 Å². The van der Waals surface area contributed by atoms with Crippen LogP contribution >= 0.6 is 0 Å². The van der Waals surface area contributed by atoms with Crippen molar-refractivity contribution in [3.63, 3.8) is 0 Å². The van der Waals surface area contributed by atoms with E-state index in [0.29, 0.717) is 5.92 Å². The molecule has 0 saturated heterocycles. The highest BCUT2D eigenvalue weighted by Gasteiger charge is 1.81. The summed E-state index contributed by atoms with van der Waals surface area (Å²) >= 11 is 0. The van der Waals surface area contributed by atoms with Gasteiger partial charge in [0.15, 0.2) is 0 Å². The fraction of sp³-hybridized carbons (Fsp3) is 0.231. The Balaban J connectivity index is 2.56. The maximum absolute atomic E-state index is 4.09. The lowest BCUT2D eigenvalue weighted by Crippen LogP contribution is -1.84. The van der Waals surface area contributed by atoms with Crippen LogP contribution in [0.25, 0.3) is 6.08 Å². The van der Waals surface area contributed by atoms with E-state index in [1.807, 2.05) is 42.6 Å². The summed E-state index contributed by atoms with van der Waals surface area (Å²) in [6.45, 7) is 4.19. The molecule has 0 aromatic heterocycles. The zero-order valence-electron chi connectivity index (χ0n) is 8.64. The fourth-order valence-corrected chi connectivity index (χ4v) is 0.941. The van der Waals surface area contributed by atoms with E-state index in [9.17, 15) is 0 Å². The van der Waals surface area contributed by atoms with Crippen molar-refractivity contribution in [2.45, 2.75) is 13.8 Å². The maximum Gasteiger partial charge on any atom is 0.0682 e. The third-order valence-corrected chi connectivity index (χ3v) is 1.58. The van der Waals surface area contributed by atoms with Crippen molar-refractivity contribution in [2.24, 2.45) is 10.9 Å². The lowest BCUT2D eigenvalue weighted by molar-refractivity contribution is 0.907. The van der Waals surface area contributed by atoms with E-state index in [1.165, 1.54) is 0 Å². The quantitative estimate of drug-likeness (QED) is 0.504. The zero-order chi connectivity index (χ0) is 10.2. The predicted molar refractivity (Wildman–Crippen MR) is 62.3 cm³/mol. The highest BCUT2D eigenvalue weighted by Crippen LogP contribution is 1.99. The molecule has 14 heavy (non-hydrogen) atoms. The van der Waals surface area contributed by atoms with Gasteiger partial charge in [-0.1, -0.05) is 44.2 Å². The molecule has 1 aromatic rings. The zero-order valence-corrected chi connectivity index (χ0v) is 8.64. The van der Waals surface area contributed by atoms with Gasteiger partial charge in [0.2, 0.25) is 0 Å². The van der Waals surface area contributed by atoms with Gasteiger partial charge in [-0.3, -0.25) is 4.99 Å². The van der Waals surface area contributed by atoms with Crippen LogP contribution in [0.1, 0.15) is 19.4 Å². The van der Waals surface area contributed by atoms with Gasteiger partial charge in [0.1, 0.15) is 0 Å². The highest BCUT2D eigenvalue weighted by atomic mass is 14.7. The maximum atomic E-state index is 4.09. The average Bonchev–Trinajstić information content (AvgIpc) is 2.18. The van der Waals surface area contributed by atoms with Gasteiger partial charge >= 0.3 is 0 Å². The minimum absolute atomic E-state index is 0.491. The largest absolute Gasteiger partial charge is 0.260 e. The third-order valence-electron chi connectivity index (χ3n) is 1.58. The van der Waals surface area contributed by atoms with Crippen molar-refractivity contribution in [3.8, 4) is 0 Å². The van der Waals surface area contributed by atoms with Crippen molar-refractivity contribution in [1.82, 2.24) is 0 Å². The number of rotatable bonds is 3. The Kier molecular flexibility index (Phi) is 4.46. The first-order valence-corrected chi connectivity index (χ1v) is 4.78. The lowest BCUT2D eigenvalue weighted by atomic mass is 10.2. The number of hydrogen-bond donors (Lipinski definition) is 0. The van der Waals surface area contributed by atoms with Crippen molar-refractivity contribution in [3.05, 3.63) is 47.8 Å². The first-order valence-electron chi connectivity index (χ1n) is 4.78. The summed E-state index contributed by atoms with van der Waals surface area (Å²) in [5, 5.41) is 0. The Labute approximate surface area is 85.5 Å². The van der Waals surface area contributed by atoms with Crippen LogP contribution in [-0.2, 0) is 0 Å². The molecule has 0 radical (unpaired) electrons. The van der Waals surface area contributed by atoms with E-state index >= 15 is 0 Å². The number of nitrogens with zero attached hydrogens (tertiary/aromatic N) is 1. The molecule has 1 heteroatoms. The molecule has 1 aromatic carbocycles. The first kappa shape index (κ1) is 10.5. The molecule has 0 heterocycles. The second-order valence-corrected chi connectivity index (χ2v) is 3.39. The number of benzene rings is 1. The summed E-state index contributed by atoms with van der Waals surface area (Å²) < 4.78 is 0. The van der Waals surface area contributed by atoms with Crippen molar-refractivity contribution in [2.75, 3.05) is 0 Å². The van der Waals surface area contributed by atoms with Crippen LogP contribution in [0.3, 0.4) is 0 Å². The monoisotopic (exact) mass is 185 g/mol. The molecule has 0 saturated carbocycles. The van der Waals surface area contributed by atoms with Crippen molar-refractivity contribution >= 4 is 12.3 Å².